The van der Waals surface area contributed by atoms with Crippen LogP contribution in [0.3, 0.4) is 0 Å². The third-order valence-electron chi connectivity index (χ3n) is 5.48. The molecule has 2 aromatic carbocycles. The molecule has 0 fully saturated rings. The maximum Gasteiger partial charge on any atom is 0.407 e. The van der Waals surface area contributed by atoms with Crippen molar-refractivity contribution in [1.82, 2.24) is 10.6 Å². The summed E-state index contributed by atoms with van der Waals surface area (Å²) in [6.45, 7) is 3.10. The summed E-state index contributed by atoms with van der Waals surface area (Å²) in [5, 5.41) is 14.1. The normalized spacial score (nSPS) is 15.2. The number of methoxy groups -OCH3 is 1. The Morgan fingerprint density at radius 1 is 0.968 bits per heavy atom. The summed E-state index contributed by atoms with van der Waals surface area (Å²) in [5.41, 5.74) is 4.40. The maximum absolute atomic E-state index is 12.3. The number of benzene rings is 2. The first-order chi connectivity index (χ1) is 14.8. The van der Waals surface area contributed by atoms with E-state index >= 15 is 0 Å². The number of aliphatic carboxylic acids is 1. The monoisotopic (exact) mass is 426 g/mol. The minimum Gasteiger partial charge on any atom is -0.480 e. The number of carbonyl (C=O) groups is 3. The highest BCUT2D eigenvalue weighted by Crippen LogP contribution is 2.44. The van der Waals surface area contributed by atoms with Crippen LogP contribution in [0.15, 0.2) is 48.5 Å². The zero-order valence-electron chi connectivity index (χ0n) is 17.6. The molecule has 2 amide bonds. The van der Waals surface area contributed by atoms with Gasteiger partial charge in [0.05, 0.1) is 6.10 Å². The average molecular weight is 426 g/mol. The molecule has 0 heterocycles. The van der Waals surface area contributed by atoms with Crippen LogP contribution < -0.4 is 10.6 Å². The van der Waals surface area contributed by atoms with E-state index in [-0.39, 0.29) is 12.5 Å². The third kappa shape index (κ3) is 4.86. The molecule has 3 unspecified atom stereocenters. The van der Waals surface area contributed by atoms with Gasteiger partial charge in [-0.3, -0.25) is 4.79 Å². The Balaban J connectivity index is 1.59. The highest BCUT2D eigenvalue weighted by molar-refractivity contribution is 5.89. The van der Waals surface area contributed by atoms with Crippen LogP contribution >= 0.6 is 0 Å². The summed E-state index contributed by atoms with van der Waals surface area (Å²) in [5.74, 6) is -1.97. The highest BCUT2D eigenvalue weighted by Gasteiger charge is 2.31. The molecule has 0 saturated heterocycles. The second-order valence-electron chi connectivity index (χ2n) is 7.46. The molecule has 3 N–H and O–H groups in total. The number of carboxylic acid groups (broad SMARTS) is 1. The quantitative estimate of drug-likeness (QED) is 0.598. The first-order valence-electron chi connectivity index (χ1n) is 10.0. The fourth-order valence-electron chi connectivity index (χ4n) is 3.68. The van der Waals surface area contributed by atoms with Crippen molar-refractivity contribution in [2.45, 2.75) is 38.0 Å². The van der Waals surface area contributed by atoms with E-state index in [4.69, 9.17) is 9.47 Å². The molecule has 0 saturated carbocycles. The molecule has 3 rings (SSSR count). The van der Waals surface area contributed by atoms with Gasteiger partial charge in [-0.25, -0.2) is 9.59 Å². The zero-order valence-corrected chi connectivity index (χ0v) is 17.6. The fourth-order valence-corrected chi connectivity index (χ4v) is 3.68. The lowest BCUT2D eigenvalue weighted by Gasteiger charge is -2.22. The van der Waals surface area contributed by atoms with Gasteiger partial charge in [0.2, 0.25) is 5.91 Å². The van der Waals surface area contributed by atoms with Crippen LogP contribution in [0.5, 0.6) is 0 Å². The molecule has 0 aliphatic heterocycles. The van der Waals surface area contributed by atoms with Gasteiger partial charge < -0.3 is 25.2 Å². The van der Waals surface area contributed by atoms with E-state index in [1.165, 1.54) is 21.0 Å². The molecular weight excluding hydrogens is 400 g/mol. The number of amides is 2. The SMILES string of the molecule is COC(C)C(NC(=O)C(C)NC(=O)OCC1c2ccccc2-c2ccccc21)C(=O)O. The largest absolute Gasteiger partial charge is 0.480 e. The standard InChI is InChI=1S/C23H26N2O6/c1-13(21(26)25-20(22(27)28)14(2)30-3)24-23(29)31-12-19-17-10-6-4-8-15(17)16-9-5-7-11-18(16)19/h4-11,13-14,19-20H,12H2,1-3H3,(H,24,29)(H,25,26)(H,27,28). The van der Waals surface area contributed by atoms with Gasteiger partial charge in [0.15, 0.2) is 6.04 Å². The van der Waals surface area contributed by atoms with Gasteiger partial charge in [-0.15, -0.1) is 0 Å². The summed E-state index contributed by atoms with van der Waals surface area (Å²) >= 11 is 0. The number of alkyl carbamates (subject to hydrolysis) is 1. The minimum absolute atomic E-state index is 0.0961. The van der Waals surface area contributed by atoms with Crippen LogP contribution in [0, 0.1) is 0 Å². The van der Waals surface area contributed by atoms with Crippen LogP contribution in [0.25, 0.3) is 11.1 Å². The lowest BCUT2D eigenvalue weighted by Crippen LogP contribution is -2.54. The van der Waals surface area contributed by atoms with Gasteiger partial charge in [-0.2, -0.15) is 0 Å². The molecule has 1 aliphatic carbocycles. The van der Waals surface area contributed by atoms with Gasteiger partial charge in [0, 0.05) is 13.0 Å². The van der Waals surface area contributed by atoms with E-state index in [0.717, 1.165) is 22.3 Å². The van der Waals surface area contributed by atoms with Crippen molar-refractivity contribution in [2.24, 2.45) is 0 Å². The molecule has 8 nitrogen and oxygen atoms in total. The van der Waals surface area contributed by atoms with Gasteiger partial charge in [-0.1, -0.05) is 48.5 Å². The number of hydrogen-bond donors (Lipinski definition) is 3. The Hall–Kier alpha value is -3.39. The van der Waals surface area contributed by atoms with Crippen molar-refractivity contribution >= 4 is 18.0 Å². The van der Waals surface area contributed by atoms with Gasteiger partial charge in [0.25, 0.3) is 0 Å². The zero-order chi connectivity index (χ0) is 22.5. The fraction of sp³-hybridized carbons (Fsp3) is 0.348. The number of rotatable bonds is 8. The number of ether oxygens (including phenoxy) is 2. The van der Waals surface area contributed by atoms with Gasteiger partial charge in [-0.05, 0) is 36.1 Å². The lowest BCUT2D eigenvalue weighted by molar-refractivity contribution is -0.145. The Bertz CT molecular complexity index is 931. The smallest absolute Gasteiger partial charge is 0.407 e. The molecule has 0 spiro atoms. The summed E-state index contributed by atoms with van der Waals surface area (Å²) in [7, 11) is 1.35. The number of hydrogen-bond acceptors (Lipinski definition) is 5. The first-order valence-corrected chi connectivity index (χ1v) is 10.0. The molecule has 0 aromatic heterocycles. The van der Waals surface area contributed by atoms with E-state index in [1.54, 1.807) is 0 Å². The Morgan fingerprint density at radius 2 is 1.52 bits per heavy atom. The van der Waals surface area contributed by atoms with Crippen LogP contribution in [0.4, 0.5) is 4.79 Å². The van der Waals surface area contributed by atoms with Crippen LogP contribution in [-0.2, 0) is 19.1 Å². The van der Waals surface area contributed by atoms with E-state index < -0.39 is 36.2 Å². The number of carboxylic acids is 1. The van der Waals surface area contributed by atoms with E-state index in [1.807, 2.05) is 48.5 Å². The summed E-state index contributed by atoms with van der Waals surface area (Å²) in [6, 6.07) is 13.7. The second-order valence-corrected chi connectivity index (χ2v) is 7.46. The summed E-state index contributed by atoms with van der Waals surface area (Å²) < 4.78 is 10.4. The van der Waals surface area contributed by atoms with E-state index in [9.17, 15) is 19.5 Å². The van der Waals surface area contributed by atoms with Gasteiger partial charge >= 0.3 is 12.1 Å². The molecule has 164 valence electrons. The predicted molar refractivity (Wildman–Crippen MR) is 114 cm³/mol. The second kappa shape index (κ2) is 9.61. The van der Waals surface area contributed by atoms with Crippen LogP contribution in [-0.4, -0.2) is 55.0 Å². The molecule has 2 aromatic rings. The van der Waals surface area contributed by atoms with Crippen molar-refractivity contribution in [3.63, 3.8) is 0 Å². The average Bonchev–Trinajstić information content (AvgIpc) is 3.08. The first kappa shape index (κ1) is 22.3. The minimum atomic E-state index is -1.23. The number of carbonyl (C=O) groups excluding carboxylic acids is 2. The number of nitrogens with one attached hydrogen (secondary N) is 2. The lowest BCUT2D eigenvalue weighted by atomic mass is 9.98. The topological polar surface area (TPSA) is 114 Å². The molecule has 1 aliphatic rings. The summed E-state index contributed by atoms with van der Waals surface area (Å²) in [4.78, 5) is 35.9. The maximum atomic E-state index is 12.3. The van der Waals surface area contributed by atoms with Crippen LogP contribution in [0.1, 0.15) is 30.9 Å². The third-order valence-corrected chi connectivity index (χ3v) is 5.48. The molecule has 31 heavy (non-hydrogen) atoms. The molecular formula is C23H26N2O6. The van der Waals surface area contributed by atoms with E-state index in [0.29, 0.717) is 0 Å². The van der Waals surface area contributed by atoms with Crippen molar-refractivity contribution < 1.29 is 29.0 Å². The Labute approximate surface area is 180 Å². The van der Waals surface area contributed by atoms with Gasteiger partial charge in [0.1, 0.15) is 12.6 Å². The number of fused-ring (bicyclic) bond motifs is 3. The van der Waals surface area contributed by atoms with Crippen molar-refractivity contribution in [3.05, 3.63) is 59.7 Å². The molecule has 0 bridgehead atoms. The van der Waals surface area contributed by atoms with E-state index in [2.05, 4.69) is 10.6 Å². The van der Waals surface area contributed by atoms with Crippen molar-refractivity contribution in [3.8, 4) is 11.1 Å². The predicted octanol–water partition coefficient (Wildman–Crippen LogP) is 2.52. The van der Waals surface area contributed by atoms with Crippen molar-refractivity contribution in [2.75, 3.05) is 13.7 Å². The molecule has 8 heteroatoms. The van der Waals surface area contributed by atoms with Crippen LogP contribution in [0.2, 0.25) is 0 Å². The molecule has 3 atom stereocenters. The summed E-state index contributed by atoms with van der Waals surface area (Å²) in [6.07, 6.45) is -1.49. The highest BCUT2D eigenvalue weighted by atomic mass is 16.5. The Kier molecular flexibility index (Phi) is 6.91. The molecule has 0 radical (unpaired) electrons. The van der Waals surface area contributed by atoms with Crippen molar-refractivity contribution in [1.29, 1.82) is 0 Å². The Morgan fingerprint density at radius 3 is 2.03 bits per heavy atom.